The van der Waals surface area contributed by atoms with Crippen molar-refractivity contribution in [1.82, 2.24) is 15.5 Å². The molecule has 7 N–H and O–H groups in total. The fourth-order valence-corrected chi connectivity index (χ4v) is 3.49. The van der Waals surface area contributed by atoms with Gasteiger partial charge in [-0.2, -0.15) is 12.6 Å². The highest BCUT2D eigenvalue weighted by Crippen LogP contribution is 2.22. The van der Waals surface area contributed by atoms with Crippen molar-refractivity contribution < 1.29 is 29.1 Å². The van der Waals surface area contributed by atoms with Crippen molar-refractivity contribution in [2.45, 2.75) is 70.1 Å². The minimum absolute atomic E-state index is 0.115. The number of carboxylic acids is 1. The first-order valence-electron chi connectivity index (χ1n) is 10.3. The summed E-state index contributed by atoms with van der Waals surface area (Å²) in [7, 11) is 0. The van der Waals surface area contributed by atoms with Gasteiger partial charge in [-0.3, -0.25) is 19.2 Å². The van der Waals surface area contributed by atoms with E-state index in [1.165, 1.54) is 4.90 Å². The summed E-state index contributed by atoms with van der Waals surface area (Å²) in [5.74, 6) is -3.62. The lowest BCUT2D eigenvalue weighted by atomic mass is 9.97. The molecule has 176 valence electrons. The van der Waals surface area contributed by atoms with Gasteiger partial charge in [0.2, 0.25) is 23.6 Å². The maximum absolute atomic E-state index is 13.2. The van der Waals surface area contributed by atoms with E-state index in [1.807, 2.05) is 13.8 Å². The monoisotopic (exact) mass is 459 g/mol. The number of likely N-dealkylation sites (tertiary alicyclic amines) is 1. The first-order valence-corrected chi connectivity index (χ1v) is 10.9. The number of rotatable bonds is 12. The Kier molecular flexibility index (Phi) is 10.8. The number of hydrogen-bond donors (Lipinski definition) is 6. The third kappa shape index (κ3) is 7.69. The molecular formula is C19H33N5O6S. The summed E-state index contributed by atoms with van der Waals surface area (Å²) in [6, 6.07) is -3.91. The Hall–Kier alpha value is -2.34. The molecule has 1 aliphatic rings. The number of carboxylic acid groups (broad SMARTS) is 1. The van der Waals surface area contributed by atoms with E-state index in [9.17, 15) is 29.1 Å². The quantitative estimate of drug-likeness (QED) is 0.194. The number of nitrogens with two attached hydrogens (primary N) is 2. The van der Waals surface area contributed by atoms with Crippen LogP contribution in [0.1, 0.15) is 46.0 Å². The fraction of sp³-hybridized carbons (Fsp3) is 0.737. The molecule has 11 nitrogen and oxygen atoms in total. The molecule has 0 aromatic carbocycles. The zero-order valence-electron chi connectivity index (χ0n) is 17.9. The molecule has 1 saturated heterocycles. The van der Waals surface area contributed by atoms with E-state index in [0.29, 0.717) is 25.8 Å². The Labute approximate surface area is 187 Å². The summed E-state index contributed by atoms with van der Waals surface area (Å²) in [6.07, 6.45) is 1.17. The molecule has 1 aliphatic heterocycles. The third-order valence-electron chi connectivity index (χ3n) is 5.44. The highest BCUT2D eigenvalue weighted by molar-refractivity contribution is 7.80. The summed E-state index contributed by atoms with van der Waals surface area (Å²) in [5, 5.41) is 14.4. The summed E-state index contributed by atoms with van der Waals surface area (Å²) in [5.41, 5.74) is 10.8. The zero-order valence-corrected chi connectivity index (χ0v) is 18.8. The van der Waals surface area contributed by atoms with Gasteiger partial charge in [0.25, 0.3) is 0 Å². The minimum atomic E-state index is -1.30. The van der Waals surface area contributed by atoms with E-state index < -0.39 is 53.8 Å². The molecule has 4 amide bonds. The summed E-state index contributed by atoms with van der Waals surface area (Å²) in [6.45, 7) is 3.99. The molecule has 1 fully saturated rings. The normalized spacial score (nSPS) is 19.7. The van der Waals surface area contributed by atoms with Crippen LogP contribution in [0.4, 0.5) is 0 Å². The van der Waals surface area contributed by atoms with Crippen LogP contribution < -0.4 is 22.1 Å². The third-order valence-corrected chi connectivity index (χ3v) is 5.84. The predicted octanol–water partition coefficient (Wildman–Crippen LogP) is -1.40. The number of carbonyl (C=O) groups excluding carboxylic acids is 4. The van der Waals surface area contributed by atoms with Gasteiger partial charge in [-0.25, -0.2) is 4.79 Å². The minimum Gasteiger partial charge on any atom is -0.480 e. The number of carbonyl (C=O) groups is 5. The highest BCUT2D eigenvalue weighted by atomic mass is 32.1. The van der Waals surface area contributed by atoms with E-state index >= 15 is 0 Å². The standard InChI is InChI=1S/C19H33N5O6S/c1-3-10(2)15(23-16(26)11(20)9-31)18(28)24-8-4-5-13(24)17(27)22-12(19(29)30)6-7-14(21)25/h10-13,15,31H,3-9,20H2,1-2H3,(H2,21,25)(H,22,27)(H,23,26)(H,29,30). The Balaban J connectivity index is 2.95. The number of nitrogens with zero attached hydrogens (tertiary/aromatic N) is 1. The summed E-state index contributed by atoms with van der Waals surface area (Å²) >= 11 is 4.00. The molecule has 5 unspecified atom stereocenters. The van der Waals surface area contributed by atoms with Gasteiger partial charge in [0.15, 0.2) is 0 Å². The smallest absolute Gasteiger partial charge is 0.326 e. The number of hydrogen-bond acceptors (Lipinski definition) is 7. The van der Waals surface area contributed by atoms with E-state index in [2.05, 4.69) is 23.3 Å². The van der Waals surface area contributed by atoms with Gasteiger partial charge < -0.3 is 32.1 Å². The lowest BCUT2D eigenvalue weighted by Crippen LogP contribution is -2.58. The maximum atomic E-state index is 13.2. The van der Waals surface area contributed by atoms with Crippen molar-refractivity contribution in [2.24, 2.45) is 17.4 Å². The van der Waals surface area contributed by atoms with Gasteiger partial charge in [0.1, 0.15) is 18.1 Å². The second kappa shape index (κ2) is 12.5. The van der Waals surface area contributed by atoms with Crippen LogP contribution in [0.3, 0.4) is 0 Å². The van der Waals surface area contributed by atoms with Crippen molar-refractivity contribution in [2.75, 3.05) is 12.3 Å². The van der Waals surface area contributed by atoms with Crippen LogP contribution in [0.25, 0.3) is 0 Å². The molecule has 0 saturated carbocycles. The number of amides is 4. The van der Waals surface area contributed by atoms with Crippen molar-refractivity contribution in [3.8, 4) is 0 Å². The van der Waals surface area contributed by atoms with Crippen LogP contribution in [0.2, 0.25) is 0 Å². The Morgan fingerprint density at radius 1 is 1.23 bits per heavy atom. The molecule has 0 bridgehead atoms. The van der Waals surface area contributed by atoms with Gasteiger partial charge in [-0.15, -0.1) is 0 Å². The van der Waals surface area contributed by atoms with Gasteiger partial charge >= 0.3 is 5.97 Å². The molecular weight excluding hydrogens is 426 g/mol. The summed E-state index contributed by atoms with van der Waals surface area (Å²) < 4.78 is 0. The SMILES string of the molecule is CCC(C)C(NC(=O)C(N)CS)C(=O)N1CCCC1C(=O)NC(CCC(N)=O)C(=O)O. The van der Waals surface area contributed by atoms with Crippen LogP contribution >= 0.6 is 12.6 Å². The molecule has 0 radical (unpaired) electrons. The van der Waals surface area contributed by atoms with Crippen LogP contribution in [-0.2, 0) is 24.0 Å². The number of nitrogens with one attached hydrogen (secondary N) is 2. The Morgan fingerprint density at radius 2 is 1.87 bits per heavy atom. The van der Waals surface area contributed by atoms with Crippen LogP contribution in [0, 0.1) is 5.92 Å². The lowest BCUT2D eigenvalue weighted by Gasteiger charge is -2.32. The molecule has 0 aromatic heterocycles. The molecule has 0 spiro atoms. The molecule has 0 aromatic rings. The largest absolute Gasteiger partial charge is 0.480 e. The van der Waals surface area contributed by atoms with Gasteiger partial charge in [0.05, 0.1) is 6.04 Å². The topological polar surface area (TPSA) is 185 Å². The average Bonchev–Trinajstić information content (AvgIpc) is 3.22. The van der Waals surface area contributed by atoms with Crippen molar-refractivity contribution in [1.29, 1.82) is 0 Å². The highest BCUT2D eigenvalue weighted by Gasteiger charge is 2.40. The first kappa shape index (κ1) is 26.7. The predicted molar refractivity (Wildman–Crippen MR) is 116 cm³/mol. The first-order chi connectivity index (χ1) is 14.5. The van der Waals surface area contributed by atoms with Gasteiger partial charge in [0, 0.05) is 18.7 Å². The number of aliphatic carboxylic acids is 1. The van der Waals surface area contributed by atoms with E-state index in [4.69, 9.17) is 11.5 Å². The van der Waals surface area contributed by atoms with Gasteiger partial charge in [-0.1, -0.05) is 20.3 Å². The van der Waals surface area contributed by atoms with Crippen molar-refractivity contribution in [3.63, 3.8) is 0 Å². The van der Waals surface area contributed by atoms with Crippen LogP contribution in [0.15, 0.2) is 0 Å². The van der Waals surface area contributed by atoms with E-state index in [1.54, 1.807) is 0 Å². The molecule has 0 aliphatic carbocycles. The zero-order chi connectivity index (χ0) is 23.7. The van der Waals surface area contributed by atoms with Crippen LogP contribution in [-0.4, -0.2) is 76.1 Å². The van der Waals surface area contributed by atoms with Crippen molar-refractivity contribution in [3.05, 3.63) is 0 Å². The molecule has 12 heteroatoms. The van der Waals surface area contributed by atoms with Crippen LogP contribution in [0.5, 0.6) is 0 Å². The molecule has 1 heterocycles. The number of thiol groups is 1. The molecule has 5 atom stereocenters. The Morgan fingerprint density at radius 3 is 2.39 bits per heavy atom. The second-order valence-corrected chi connectivity index (χ2v) is 8.12. The summed E-state index contributed by atoms with van der Waals surface area (Å²) in [4.78, 5) is 62.0. The maximum Gasteiger partial charge on any atom is 0.326 e. The Bertz CT molecular complexity index is 691. The molecule has 1 rings (SSSR count). The van der Waals surface area contributed by atoms with E-state index in [0.717, 1.165) is 0 Å². The van der Waals surface area contributed by atoms with E-state index in [-0.39, 0.29) is 24.5 Å². The second-order valence-electron chi connectivity index (χ2n) is 7.75. The lowest BCUT2D eigenvalue weighted by molar-refractivity contribution is -0.145. The van der Waals surface area contributed by atoms with Gasteiger partial charge in [-0.05, 0) is 25.2 Å². The average molecular weight is 460 g/mol. The molecule has 31 heavy (non-hydrogen) atoms. The van der Waals surface area contributed by atoms with Crippen molar-refractivity contribution >= 4 is 42.2 Å². The number of primary amides is 1. The fourth-order valence-electron chi connectivity index (χ4n) is 3.32.